The lowest BCUT2D eigenvalue weighted by atomic mass is 10.2. The normalized spacial score (nSPS) is 16.4. The first-order chi connectivity index (χ1) is 8.20. The Morgan fingerprint density at radius 1 is 1.06 bits per heavy atom. The molecule has 3 N–H and O–H groups in total. The van der Waals surface area contributed by atoms with E-state index in [1.165, 1.54) is 12.8 Å². The largest absolute Gasteiger partial charge is 0.352 e. The van der Waals surface area contributed by atoms with E-state index in [1.807, 2.05) is 4.90 Å². The molecule has 1 aliphatic rings. The van der Waals surface area contributed by atoms with E-state index < -0.39 is 6.03 Å². The molecule has 5 nitrogen and oxygen atoms in total. The molecule has 0 radical (unpaired) electrons. The van der Waals surface area contributed by atoms with Crippen LogP contribution in [0.3, 0.4) is 0 Å². The molecule has 1 aliphatic heterocycles. The molecule has 17 heavy (non-hydrogen) atoms. The van der Waals surface area contributed by atoms with E-state index in [4.69, 9.17) is 5.73 Å². The third-order valence-corrected chi connectivity index (χ3v) is 3.08. The van der Waals surface area contributed by atoms with Crippen molar-refractivity contribution >= 4 is 11.9 Å². The monoisotopic (exact) mass is 241 g/mol. The molecule has 0 bridgehead atoms. The summed E-state index contributed by atoms with van der Waals surface area (Å²) in [6.45, 7) is 2.39. The molecule has 0 saturated carbocycles. The molecule has 0 aromatic carbocycles. The summed E-state index contributed by atoms with van der Waals surface area (Å²) >= 11 is 0. The smallest absolute Gasteiger partial charge is 0.312 e. The third-order valence-electron chi connectivity index (χ3n) is 3.08. The molecule has 0 unspecified atom stereocenters. The van der Waals surface area contributed by atoms with E-state index in [0.717, 1.165) is 38.8 Å². The molecular formula is C12H23N3O2. The van der Waals surface area contributed by atoms with Crippen LogP contribution in [0.15, 0.2) is 0 Å². The first kappa shape index (κ1) is 13.8. The van der Waals surface area contributed by atoms with Crippen molar-refractivity contribution in [3.05, 3.63) is 0 Å². The molecule has 1 fully saturated rings. The van der Waals surface area contributed by atoms with Gasteiger partial charge in [-0.25, -0.2) is 4.79 Å². The maximum absolute atomic E-state index is 11.9. The summed E-state index contributed by atoms with van der Waals surface area (Å²) in [7, 11) is 0. The number of urea groups is 1. The second-order valence-corrected chi connectivity index (χ2v) is 4.54. The summed E-state index contributed by atoms with van der Waals surface area (Å²) in [4.78, 5) is 24.3. The number of likely N-dealkylation sites (tertiary alicyclic amines) is 1. The van der Waals surface area contributed by atoms with Crippen LogP contribution >= 0.6 is 0 Å². The second kappa shape index (κ2) is 7.92. The van der Waals surface area contributed by atoms with E-state index in [2.05, 4.69) is 5.32 Å². The molecule has 0 aromatic heterocycles. The minimum absolute atomic E-state index is 0.256. The van der Waals surface area contributed by atoms with Crippen LogP contribution in [0.5, 0.6) is 0 Å². The molecule has 0 aliphatic carbocycles. The summed E-state index contributed by atoms with van der Waals surface area (Å²) in [5, 5.41) is 2.52. The Hall–Kier alpha value is -1.26. The Bertz CT molecular complexity index is 248. The first-order valence-corrected chi connectivity index (χ1v) is 6.51. The van der Waals surface area contributed by atoms with Gasteiger partial charge in [0.15, 0.2) is 0 Å². The van der Waals surface area contributed by atoms with E-state index in [0.29, 0.717) is 13.0 Å². The van der Waals surface area contributed by atoms with Crippen LogP contribution in [0.2, 0.25) is 0 Å². The summed E-state index contributed by atoms with van der Waals surface area (Å²) in [5.74, 6) is 0.256. The van der Waals surface area contributed by atoms with Crippen LogP contribution in [0.1, 0.15) is 44.9 Å². The molecular weight excluding hydrogens is 218 g/mol. The van der Waals surface area contributed by atoms with Gasteiger partial charge in [0.2, 0.25) is 5.91 Å². The number of nitrogens with two attached hydrogens (primary N) is 1. The lowest BCUT2D eigenvalue weighted by molar-refractivity contribution is -0.131. The molecule has 0 atom stereocenters. The minimum Gasteiger partial charge on any atom is -0.352 e. The number of carbonyl (C=O) groups excluding carboxylic acids is 2. The van der Waals surface area contributed by atoms with E-state index in [9.17, 15) is 9.59 Å². The van der Waals surface area contributed by atoms with Crippen LogP contribution in [0.25, 0.3) is 0 Å². The highest BCUT2D eigenvalue weighted by Gasteiger charge is 2.14. The van der Waals surface area contributed by atoms with E-state index in [-0.39, 0.29) is 5.91 Å². The SMILES string of the molecule is NC(=O)NCCCCC(=O)N1CCCCCC1. The van der Waals surface area contributed by atoms with Gasteiger partial charge in [0, 0.05) is 26.1 Å². The van der Waals surface area contributed by atoms with E-state index in [1.54, 1.807) is 0 Å². The third kappa shape index (κ3) is 6.14. The summed E-state index contributed by atoms with van der Waals surface area (Å²) in [6, 6.07) is -0.496. The number of nitrogens with zero attached hydrogens (tertiary/aromatic N) is 1. The van der Waals surface area contributed by atoms with Crippen molar-refractivity contribution in [2.75, 3.05) is 19.6 Å². The summed E-state index contributed by atoms with van der Waals surface area (Å²) in [5.41, 5.74) is 4.94. The molecule has 0 spiro atoms. The van der Waals surface area contributed by atoms with Crippen molar-refractivity contribution in [1.29, 1.82) is 0 Å². The molecule has 1 saturated heterocycles. The number of hydrogen-bond donors (Lipinski definition) is 2. The zero-order chi connectivity index (χ0) is 12.5. The van der Waals surface area contributed by atoms with Crippen LogP contribution in [0.4, 0.5) is 4.79 Å². The van der Waals surface area contributed by atoms with Gasteiger partial charge >= 0.3 is 6.03 Å². The first-order valence-electron chi connectivity index (χ1n) is 6.51. The molecule has 5 heteroatoms. The van der Waals surface area contributed by atoms with Gasteiger partial charge in [0.05, 0.1) is 0 Å². The minimum atomic E-state index is -0.496. The van der Waals surface area contributed by atoms with E-state index >= 15 is 0 Å². The lowest BCUT2D eigenvalue weighted by Crippen LogP contribution is -2.32. The number of unbranched alkanes of at least 4 members (excludes halogenated alkanes) is 1. The maximum atomic E-state index is 11.9. The van der Waals surface area contributed by atoms with Gasteiger partial charge in [-0.3, -0.25) is 4.79 Å². The van der Waals surface area contributed by atoms with Gasteiger partial charge in [0.1, 0.15) is 0 Å². The van der Waals surface area contributed by atoms with Gasteiger partial charge in [-0.15, -0.1) is 0 Å². The van der Waals surface area contributed by atoms with Crippen LogP contribution in [-0.4, -0.2) is 36.5 Å². The Morgan fingerprint density at radius 3 is 2.29 bits per heavy atom. The van der Waals surface area contributed by atoms with Crippen molar-refractivity contribution in [3.8, 4) is 0 Å². The topological polar surface area (TPSA) is 75.4 Å². The van der Waals surface area contributed by atoms with Gasteiger partial charge in [-0.2, -0.15) is 0 Å². The van der Waals surface area contributed by atoms with Crippen LogP contribution in [0, 0.1) is 0 Å². The molecule has 0 aromatic rings. The van der Waals surface area contributed by atoms with Crippen molar-refractivity contribution in [3.63, 3.8) is 0 Å². The standard InChI is InChI=1S/C12H23N3O2/c13-12(17)14-8-4-3-7-11(16)15-9-5-1-2-6-10-15/h1-10H2,(H3,13,14,17). The maximum Gasteiger partial charge on any atom is 0.312 e. The predicted octanol–water partition coefficient (Wildman–Crippen LogP) is 1.23. The van der Waals surface area contributed by atoms with Crippen molar-refractivity contribution in [2.45, 2.75) is 44.9 Å². The highest BCUT2D eigenvalue weighted by molar-refractivity contribution is 5.76. The Morgan fingerprint density at radius 2 is 1.71 bits per heavy atom. The number of amides is 3. The average molecular weight is 241 g/mol. The van der Waals surface area contributed by atoms with Crippen molar-refractivity contribution < 1.29 is 9.59 Å². The summed E-state index contributed by atoms with van der Waals surface area (Å²) in [6.07, 6.45) is 6.96. The van der Waals surface area contributed by atoms with Gasteiger partial charge < -0.3 is 16.0 Å². The molecule has 1 heterocycles. The van der Waals surface area contributed by atoms with Gasteiger partial charge in [-0.05, 0) is 25.7 Å². The molecule has 3 amide bonds. The lowest BCUT2D eigenvalue weighted by Gasteiger charge is -2.20. The zero-order valence-corrected chi connectivity index (χ0v) is 10.4. The second-order valence-electron chi connectivity index (χ2n) is 4.54. The number of carbonyl (C=O) groups is 2. The van der Waals surface area contributed by atoms with Crippen molar-refractivity contribution in [1.82, 2.24) is 10.2 Å². The predicted molar refractivity (Wildman–Crippen MR) is 66.5 cm³/mol. The molecule has 1 rings (SSSR count). The number of nitrogens with one attached hydrogen (secondary N) is 1. The number of hydrogen-bond acceptors (Lipinski definition) is 2. The Balaban J connectivity index is 2.09. The quantitative estimate of drug-likeness (QED) is 0.710. The number of primary amides is 1. The fraction of sp³-hybridized carbons (Fsp3) is 0.833. The molecule has 98 valence electrons. The van der Waals surface area contributed by atoms with Crippen molar-refractivity contribution in [2.24, 2.45) is 5.73 Å². The van der Waals surface area contributed by atoms with Crippen LogP contribution in [-0.2, 0) is 4.79 Å². The highest BCUT2D eigenvalue weighted by atomic mass is 16.2. The summed E-state index contributed by atoms with van der Waals surface area (Å²) < 4.78 is 0. The average Bonchev–Trinajstić information content (AvgIpc) is 2.56. The Labute approximate surface area is 103 Å². The number of rotatable bonds is 5. The van der Waals surface area contributed by atoms with Crippen LogP contribution < -0.4 is 11.1 Å². The van der Waals surface area contributed by atoms with Gasteiger partial charge in [-0.1, -0.05) is 12.8 Å². The van der Waals surface area contributed by atoms with Gasteiger partial charge in [0.25, 0.3) is 0 Å². The zero-order valence-electron chi connectivity index (χ0n) is 10.4. The fourth-order valence-electron chi connectivity index (χ4n) is 2.09. The Kier molecular flexibility index (Phi) is 6.43. The highest BCUT2D eigenvalue weighted by Crippen LogP contribution is 2.11. The fourth-order valence-corrected chi connectivity index (χ4v) is 2.09.